The summed E-state index contributed by atoms with van der Waals surface area (Å²) in [5, 5.41) is 4.46. The molecule has 3 amide bonds. The molecule has 1 aromatic heterocycles. The number of carbonyl (C=O) groups is 3. The Morgan fingerprint density at radius 1 is 1.03 bits per heavy atom. The van der Waals surface area contributed by atoms with Crippen LogP contribution in [0.4, 0.5) is 0 Å². The van der Waals surface area contributed by atoms with Crippen LogP contribution in [0.25, 0.3) is 0 Å². The molecule has 0 radical (unpaired) electrons. The van der Waals surface area contributed by atoms with Crippen molar-refractivity contribution in [2.24, 2.45) is 0 Å². The van der Waals surface area contributed by atoms with Gasteiger partial charge in [-0.2, -0.15) is 5.10 Å². The first-order valence-electron chi connectivity index (χ1n) is 11.5. The molecule has 8 nitrogen and oxygen atoms in total. The number of aromatic nitrogens is 2. The van der Waals surface area contributed by atoms with E-state index >= 15 is 0 Å². The summed E-state index contributed by atoms with van der Waals surface area (Å²) in [4.78, 5) is 44.0. The second kappa shape index (κ2) is 9.97. The number of amides is 3. The van der Waals surface area contributed by atoms with E-state index in [1.807, 2.05) is 47.1 Å². The summed E-state index contributed by atoms with van der Waals surface area (Å²) in [7, 11) is 0. The molecule has 1 fully saturated rings. The summed E-state index contributed by atoms with van der Waals surface area (Å²) in [6.07, 6.45) is 3.20. The van der Waals surface area contributed by atoms with E-state index in [-0.39, 0.29) is 23.4 Å². The fourth-order valence-corrected chi connectivity index (χ4v) is 4.41. The molecule has 0 aliphatic carbocycles. The summed E-state index contributed by atoms with van der Waals surface area (Å²) < 4.78 is 1.66. The van der Waals surface area contributed by atoms with Crippen LogP contribution in [0, 0.1) is 0 Å². The lowest BCUT2D eigenvalue weighted by Gasteiger charge is -2.22. The van der Waals surface area contributed by atoms with Crippen molar-refractivity contribution in [1.82, 2.24) is 24.5 Å². The van der Waals surface area contributed by atoms with Gasteiger partial charge >= 0.3 is 0 Å². The lowest BCUT2D eigenvalue weighted by molar-refractivity contribution is -0.130. The first kappa shape index (κ1) is 22.0. The number of nitrogens with zero attached hydrogens (tertiary/aromatic N) is 5. The molecule has 1 aromatic carbocycles. The van der Waals surface area contributed by atoms with E-state index in [2.05, 4.69) is 5.10 Å². The molecule has 0 atom stereocenters. The number of hydrogen-bond acceptors (Lipinski definition) is 4. The molecule has 170 valence electrons. The molecule has 0 unspecified atom stereocenters. The highest BCUT2D eigenvalue weighted by Gasteiger charge is 2.28. The molecule has 0 spiro atoms. The highest BCUT2D eigenvalue weighted by molar-refractivity contribution is 5.98. The van der Waals surface area contributed by atoms with Crippen molar-refractivity contribution in [1.29, 1.82) is 0 Å². The maximum atomic E-state index is 13.2. The molecule has 2 aromatic rings. The van der Waals surface area contributed by atoms with Crippen molar-refractivity contribution < 1.29 is 14.4 Å². The summed E-state index contributed by atoms with van der Waals surface area (Å²) in [5.41, 5.74) is 1.79. The van der Waals surface area contributed by atoms with E-state index < -0.39 is 0 Å². The van der Waals surface area contributed by atoms with Gasteiger partial charge in [-0.1, -0.05) is 30.3 Å². The fourth-order valence-electron chi connectivity index (χ4n) is 4.41. The van der Waals surface area contributed by atoms with Gasteiger partial charge in [-0.25, -0.2) is 0 Å². The maximum absolute atomic E-state index is 13.2. The van der Waals surface area contributed by atoms with E-state index in [1.54, 1.807) is 15.6 Å². The monoisotopic (exact) mass is 437 g/mol. The van der Waals surface area contributed by atoms with Gasteiger partial charge in [-0.15, -0.1) is 0 Å². The molecular formula is C24H31N5O3. The minimum absolute atomic E-state index is 0.0982. The van der Waals surface area contributed by atoms with Crippen molar-refractivity contribution in [3.05, 3.63) is 53.3 Å². The van der Waals surface area contributed by atoms with Gasteiger partial charge in [0.25, 0.3) is 11.8 Å². The minimum atomic E-state index is -0.232. The largest absolute Gasteiger partial charge is 0.343 e. The fraction of sp³-hybridized carbons (Fsp3) is 0.500. The van der Waals surface area contributed by atoms with Crippen LogP contribution in [0.2, 0.25) is 0 Å². The van der Waals surface area contributed by atoms with Crippen molar-refractivity contribution in [3.8, 4) is 0 Å². The lowest BCUT2D eigenvalue weighted by atomic mass is 10.2. The van der Waals surface area contributed by atoms with Gasteiger partial charge < -0.3 is 14.7 Å². The first-order valence-corrected chi connectivity index (χ1v) is 11.5. The van der Waals surface area contributed by atoms with Crippen LogP contribution in [0.1, 0.15) is 59.1 Å². The Morgan fingerprint density at radius 3 is 2.50 bits per heavy atom. The Hall–Kier alpha value is -3.16. The molecular weight excluding hydrogens is 406 g/mol. The van der Waals surface area contributed by atoms with Gasteiger partial charge in [0.2, 0.25) is 5.91 Å². The van der Waals surface area contributed by atoms with Gasteiger partial charge in [0.05, 0.1) is 0 Å². The van der Waals surface area contributed by atoms with Crippen LogP contribution < -0.4 is 0 Å². The third-order valence-electron chi connectivity index (χ3n) is 6.24. The van der Waals surface area contributed by atoms with E-state index in [0.717, 1.165) is 37.9 Å². The number of aryl methyl sites for hydroxylation is 1. The Balaban J connectivity index is 1.44. The second-order valence-electron chi connectivity index (χ2n) is 8.43. The molecule has 0 N–H and O–H groups in total. The van der Waals surface area contributed by atoms with Gasteiger partial charge in [0.1, 0.15) is 5.69 Å². The summed E-state index contributed by atoms with van der Waals surface area (Å²) in [5.74, 6) is -0.240. The number of fused-ring (bicyclic) bond motifs is 1. The SMILES string of the molecule is CCN(CCC(=O)N1CCCC1)C(=O)c1cc2n(n1)CCCN(Cc1ccccc1)C2=O. The second-order valence-corrected chi connectivity index (χ2v) is 8.43. The number of carbonyl (C=O) groups excluding carboxylic acids is 3. The summed E-state index contributed by atoms with van der Waals surface area (Å²) in [6, 6.07) is 11.5. The molecule has 3 heterocycles. The normalized spacial score (nSPS) is 16.1. The van der Waals surface area contributed by atoms with Gasteiger partial charge in [-0.3, -0.25) is 19.1 Å². The van der Waals surface area contributed by atoms with Crippen LogP contribution >= 0.6 is 0 Å². The van der Waals surface area contributed by atoms with Crippen molar-refractivity contribution in [2.75, 3.05) is 32.7 Å². The van der Waals surface area contributed by atoms with Crippen molar-refractivity contribution in [2.45, 2.75) is 45.7 Å². The molecule has 0 bridgehead atoms. The quantitative estimate of drug-likeness (QED) is 0.666. The molecule has 32 heavy (non-hydrogen) atoms. The van der Waals surface area contributed by atoms with Gasteiger partial charge in [0, 0.05) is 58.3 Å². The predicted molar refractivity (Wildman–Crippen MR) is 120 cm³/mol. The van der Waals surface area contributed by atoms with E-state index in [4.69, 9.17) is 0 Å². The smallest absolute Gasteiger partial charge is 0.274 e. The Kier molecular flexibility index (Phi) is 6.87. The Bertz CT molecular complexity index is 965. The van der Waals surface area contributed by atoms with Crippen LogP contribution in [-0.2, 0) is 17.9 Å². The standard InChI is InChI=1S/C24H31N5O3/c1-2-26(16-11-22(30)27-12-6-7-13-27)23(31)20-17-21-24(32)28(14-8-15-29(21)25-20)18-19-9-4-3-5-10-19/h3-5,9-10,17H,2,6-8,11-16,18H2,1H3. The average Bonchev–Trinajstić information content (AvgIpc) is 3.47. The highest BCUT2D eigenvalue weighted by atomic mass is 16.2. The van der Waals surface area contributed by atoms with E-state index in [1.165, 1.54) is 0 Å². The molecule has 2 aliphatic rings. The van der Waals surface area contributed by atoms with Crippen molar-refractivity contribution in [3.63, 3.8) is 0 Å². The molecule has 8 heteroatoms. The zero-order chi connectivity index (χ0) is 22.5. The predicted octanol–water partition coefficient (Wildman–Crippen LogP) is 2.40. The highest BCUT2D eigenvalue weighted by Crippen LogP contribution is 2.18. The molecule has 4 rings (SSSR count). The van der Waals surface area contributed by atoms with Crippen LogP contribution in [0.5, 0.6) is 0 Å². The summed E-state index contributed by atoms with van der Waals surface area (Å²) in [6.45, 7) is 6.16. The number of benzene rings is 1. The van der Waals surface area contributed by atoms with Crippen LogP contribution in [-0.4, -0.2) is 74.9 Å². The third-order valence-corrected chi connectivity index (χ3v) is 6.24. The maximum Gasteiger partial charge on any atom is 0.274 e. The van der Waals surface area contributed by atoms with E-state index in [9.17, 15) is 14.4 Å². The van der Waals surface area contributed by atoms with E-state index in [0.29, 0.717) is 44.8 Å². The Labute approximate surface area is 188 Å². The Morgan fingerprint density at radius 2 is 1.78 bits per heavy atom. The molecule has 1 saturated heterocycles. The zero-order valence-electron chi connectivity index (χ0n) is 18.7. The average molecular weight is 438 g/mol. The van der Waals surface area contributed by atoms with Gasteiger partial charge in [0.15, 0.2) is 5.69 Å². The molecule has 0 saturated carbocycles. The van der Waals surface area contributed by atoms with Crippen molar-refractivity contribution >= 4 is 17.7 Å². The number of hydrogen-bond donors (Lipinski definition) is 0. The zero-order valence-corrected chi connectivity index (χ0v) is 18.7. The van der Waals surface area contributed by atoms with Crippen LogP contribution in [0.3, 0.4) is 0 Å². The minimum Gasteiger partial charge on any atom is -0.343 e. The lowest BCUT2D eigenvalue weighted by Crippen LogP contribution is -2.36. The summed E-state index contributed by atoms with van der Waals surface area (Å²) >= 11 is 0. The number of likely N-dealkylation sites (tertiary alicyclic amines) is 1. The van der Waals surface area contributed by atoms with Gasteiger partial charge in [-0.05, 0) is 31.7 Å². The first-order chi connectivity index (χ1) is 15.6. The number of rotatable bonds is 7. The topological polar surface area (TPSA) is 78.8 Å². The van der Waals surface area contributed by atoms with Crippen LogP contribution in [0.15, 0.2) is 36.4 Å². The molecule has 2 aliphatic heterocycles. The third kappa shape index (κ3) is 4.84.